The molecule has 0 aliphatic heterocycles. The lowest BCUT2D eigenvalue weighted by atomic mass is 10.1. The second kappa shape index (κ2) is 4.95. The maximum absolute atomic E-state index is 13.6. The van der Waals surface area contributed by atoms with Crippen molar-refractivity contribution < 1.29 is 9.13 Å². The van der Waals surface area contributed by atoms with Gasteiger partial charge in [0.05, 0.1) is 7.11 Å². The molecule has 94 valence electrons. The molecule has 0 atom stereocenters. The van der Waals surface area contributed by atoms with Crippen LogP contribution in [0.2, 0.25) is 0 Å². The molecule has 0 saturated heterocycles. The van der Waals surface area contributed by atoms with Crippen LogP contribution in [0.4, 0.5) is 10.2 Å². The van der Waals surface area contributed by atoms with E-state index in [9.17, 15) is 4.39 Å². The molecule has 1 heterocycles. The summed E-state index contributed by atoms with van der Waals surface area (Å²) in [6, 6.07) is 4.61. The van der Waals surface area contributed by atoms with Gasteiger partial charge in [0.1, 0.15) is 11.5 Å². The number of halogens is 1. The van der Waals surface area contributed by atoms with Crippen LogP contribution in [0.25, 0.3) is 11.3 Å². The molecule has 0 saturated carbocycles. The van der Waals surface area contributed by atoms with Crippen molar-refractivity contribution in [2.75, 3.05) is 19.5 Å². The first-order chi connectivity index (χ1) is 8.65. The molecule has 18 heavy (non-hydrogen) atoms. The van der Waals surface area contributed by atoms with E-state index >= 15 is 0 Å². The average molecular weight is 248 g/mol. The summed E-state index contributed by atoms with van der Waals surface area (Å²) < 4.78 is 18.5. The van der Waals surface area contributed by atoms with Crippen molar-refractivity contribution in [1.29, 1.82) is 0 Å². The lowest BCUT2D eigenvalue weighted by molar-refractivity contribution is 0.386. The second-order valence-corrected chi connectivity index (χ2v) is 3.66. The highest BCUT2D eigenvalue weighted by atomic mass is 19.1. The van der Waals surface area contributed by atoms with Gasteiger partial charge in [-0.2, -0.15) is 0 Å². The standard InChI is InChI=1S/C12H13FN4O/c1-7-15-12(14-2)11(17-16-7)8-4-5-10(18-3)9(13)6-8/h4-6H,1-3H3,(H,14,15,16). The molecule has 0 aliphatic carbocycles. The average Bonchev–Trinajstić information content (AvgIpc) is 2.38. The van der Waals surface area contributed by atoms with Crippen LogP contribution in [-0.2, 0) is 0 Å². The smallest absolute Gasteiger partial charge is 0.165 e. The molecule has 0 amide bonds. The van der Waals surface area contributed by atoms with Crippen LogP contribution in [0, 0.1) is 12.7 Å². The molecule has 2 aromatic rings. The minimum Gasteiger partial charge on any atom is -0.494 e. The zero-order valence-corrected chi connectivity index (χ0v) is 10.4. The topological polar surface area (TPSA) is 59.9 Å². The lowest BCUT2D eigenvalue weighted by Crippen LogP contribution is -2.03. The third-order valence-corrected chi connectivity index (χ3v) is 2.45. The minimum atomic E-state index is -0.445. The van der Waals surface area contributed by atoms with Crippen molar-refractivity contribution in [3.63, 3.8) is 0 Å². The van der Waals surface area contributed by atoms with Crippen LogP contribution in [0.1, 0.15) is 5.82 Å². The Labute approximate surface area is 104 Å². The van der Waals surface area contributed by atoms with Crippen LogP contribution < -0.4 is 10.1 Å². The Balaban J connectivity index is 2.51. The zero-order chi connectivity index (χ0) is 13.1. The largest absolute Gasteiger partial charge is 0.494 e. The summed E-state index contributed by atoms with van der Waals surface area (Å²) in [5, 5.41) is 10.8. The van der Waals surface area contributed by atoms with Crippen molar-refractivity contribution in [2.24, 2.45) is 0 Å². The number of hydrogen-bond donors (Lipinski definition) is 1. The highest BCUT2D eigenvalue weighted by molar-refractivity contribution is 5.71. The third kappa shape index (κ3) is 2.22. The van der Waals surface area contributed by atoms with Gasteiger partial charge in [-0.1, -0.05) is 0 Å². The number of anilines is 1. The fourth-order valence-electron chi connectivity index (χ4n) is 1.59. The van der Waals surface area contributed by atoms with Gasteiger partial charge in [0.2, 0.25) is 0 Å². The summed E-state index contributed by atoms with van der Waals surface area (Å²) >= 11 is 0. The molecule has 2 rings (SSSR count). The van der Waals surface area contributed by atoms with Gasteiger partial charge in [0.15, 0.2) is 17.4 Å². The number of hydrogen-bond acceptors (Lipinski definition) is 5. The third-order valence-electron chi connectivity index (χ3n) is 2.45. The first-order valence-electron chi connectivity index (χ1n) is 5.38. The Morgan fingerprint density at radius 2 is 2.06 bits per heavy atom. The summed E-state index contributed by atoms with van der Waals surface area (Å²) in [5.74, 6) is 0.862. The zero-order valence-electron chi connectivity index (χ0n) is 10.4. The first kappa shape index (κ1) is 12.2. The fraction of sp³-hybridized carbons (Fsp3) is 0.250. The molecular formula is C12H13FN4O. The molecule has 0 aliphatic rings. The Kier molecular flexibility index (Phi) is 3.36. The second-order valence-electron chi connectivity index (χ2n) is 3.66. The molecule has 1 aromatic heterocycles. The molecule has 0 unspecified atom stereocenters. The number of aromatic nitrogens is 3. The van der Waals surface area contributed by atoms with Gasteiger partial charge in [-0.05, 0) is 25.1 Å². The van der Waals surface area contributed by atoms with Crippen molar-refractivity contribution in [3.05, 3.63) is 29.8 Å². The Hall–Kier alpha value is -2.24. The van der Waals surface area contributed by atoms with E-state index in [1.165, 1.54) is 13.2 Å². The highest BCUT2D eigenvalue weighted by Gasteiger charge is 2.11. The molecule has 0 radical (unpaired) electrons. The van der Waals surface area contributed by atoms with Crippen LogP contribution in [0.5, 0.6) is 5.75 Å². The Morgan fingerprint density at radius 1 is 1.28 bits per heavy atom. The van der Waals surface area contributed by atoms with E-state index in [4.69, 9.17) is 4.74 Å². The SMILES string of the molecule is CNc1nc(C)nnc1-c1ccc(OC)c(F)c1. The van der Waals surface area contributed by atoms with Crippen LogP contribution in [-0.4, -0.2) is 29.3 Å². The van der Waals surface area contributed by atoms with E-state index in [-0.39, 0.29) is 5.75 Å². The first-order valence-corrected chi connectivity index (χ1v) is 5.38. The number of ether oxygens (including phenoxy) is 1. The molecule has 5 nitrogen and oxygen atoms in total. The number of nitrogens with zero attached hydrogens (tertiary/aromatic N) is 3. The maximum Gasteiger partial charge on any atom is 0.165 e. The number of aryl methyl sites for hydroxylation is 1. The van der Waals surface area contributed by atoms with E-state index in [0.29, 0.717) is 22.9 Å². The van der Waals surface area contributed by atoms with Crippen molar-refractivity contribution in [1.82, 2.24) is 15.2 Å². The Bertz CT molecular complexity index is 574. The van der Waals surface area contributed by atoms with E-state index in [1.54, 1.807) is 26.1 Å². The number of nitrogens with one attached hydrogen (secondary N) is 1. The van der Waals surface area contributed by atoms with E-state index < -0.39 is 5.82 Å². The highest BCUT2D eigenvalue weighted by Crippen LogP contribution is 2.27. The summed E-state index contributed by atoms with van der Waals surface area (Å²) in [6.07, 6.45) is 0. The lowest BCUT2D eigenvalue weighted by Gasteiger charge is -2.08. The van der Waals surface area contributed by atoms with Gasteiger partial charge in [-0.3, -0.25) is 0 Å². The van der Waals surface area contributed by atoms with E-state index in [1.807, 2.05) is 0 Å². The Morgan fingerprint density at radius 3 is 2.67 bits per heavy atom. The van der Waals surface area contributed by atoms with Gasteiger partial charge >= 0.3 is 0 Å². The van der Waals surface area contributed by atoms with Gasteiger partial charge in [0, 0.05) is 12.6 Å². The van der Waals surface area contributed by atoms with Gasteiger partial charge in [-0.25, -0.2) is 9.37 Å². The van der Waals surface area contributed by atoms with Crippen LogP contribution >= 0.6 is 0 Å². The molecular weight excluding hydrogens is 235 g/mol. The molecule has 0 spiro atoms. The summed E-state index contributed by atoms with van der Waals surface area (Å²) in [6.45, 7) is 1.74. The summed E-state index contributed by atoms with van der Waals surface area (Å²) in [5.41, 5.74) is 1.10. The summed E-state index contributed by atoms with van der Waals surface area (Å²) in [7, 11) is 3.15. The molecule has 0 fully saturated rings. The van der Waals surface area contributed by atoms with Gasteiger partial charge in [0.25, 0.3) is 0 Å². The molecule has 0 bridgehead atoms. The molecule has 6 heteroatoms. The monoisotopic (exact) mass is 248 g/mol. The molecule has 1 aromatic carbocycles. The normalized spacial score (nSPS) is 10.2. The van der Waals surface area contributed by atoms with Crippen molar-refractivity contribution >= 4 is 5.82 Å². The van der Waals surface area contributed by atoms with Gasteiger partial charge < -0.3 is 10.1 Å². The van der Waals surface area contributed by atoms with Crippen LogP contribution in [0.3, 0.4) is 0 Å². The maximum atomic E-state index is 13.6. The van der Waals surface area contributed by atoms with Gasteiger partial charge in [-0.15, -0.1) is 10.2 Å². The van der Waals surface area contributed by atoms with E-state index in [0.717, 1.165) is 0 Å². The number of benzene rings is 1. The minimum absolute atomic E-state index is 0.192. The predicted molar refractivity (Wildman–Crippen MR) is 66.1 cm³/mol. The number of methoxy groups -OCH3 is 1. The predicted octanol–water partition coefficient (Wildman–Crippen LogP) is 2.04. The summed E-state index contributed by atoms with van der Waals surface area (Å²) in [4.78, 5) is 4.20. The van der Waals surface area contributed by atoms with E-state index in [2.05, 4.69) is 20.5 Å². The van der Waals surface area contributed by atoms with Crippen molar-refractivity contribution in [3.8, 4) is 17.0 Å². The number of rotatable bonds is 3. The fourth-order valence-corrected chi connectivity index (χ4v) is 1.59. The quantitative estimate of drug-likeness (QED) is 0.900. The van der Waals surface area contributed by atoms with Crippen molar-refractivity contribution in [2.45, 2.75) is 6.92 Å². The molecule has 1 N–H and O–H groups in total. The van der Waals surface area contributed by atoms with Crippen LogP contribution in [0.15, 0.2) is 18.2 Å².